The molecule has 0 aliphatic heterocycles. The van der Waals surface area contributed by atoms with E-state index in [9.17, 15) is 4.39 Å². The van der Waals surface area contributed by atoms with Gasteiger partial charge in [-0.1, -0.05) is 24.3 Å². The van der Waals surface area contributed by atoms with Crippen molar-refractivity contribution in [2.24, 2.45) is 0 Å². The van der Waals surface area contributed by atoms with Crippen LogP contribution in [0.4, 0.5) is 10.1 Å². The number of thioether (sulfide) groups is 1. The average Bonchev–Trinajstić information content (AvgIpc) is 2.42. The second-order valence-electron chi connectivity index (χ2n) is 4.58. The first-order chi connectivity index (χ1) is 9.19. The smallest absolute Gasteiger partial charge is 0.123 e. The molecule has 0 amide bonds. The number of nitrogens with one attached hydrogen (secondary N) is 1. The van der Waals surface area contributed by atoms with Crippen LogP contribution in [0.2, 0.25) is 0 Å². The molecule has 1 unspecified atom stereocenters. The summed E-state index contributed by atoms with van der Waals surface area (Å²) in [6.07, 6.45) is 2.95. The van der Waals surface area contributed by atoms with Crippen molar-refractivity contribution in [3.05, 3.63) is 59.9 Å². The maximum Gasteiger partial charge on any atom is 0.123 e. The number of benzene rings is 2. The van der Waals surface area contributed by atoms with Crippen molar-refractivity contribution < 1.29 is 4.39 Å². The lowest BCUT2D eigenvalue weighted by atomic mass is 10.1. The van der Waals surface area contributed by atoms with E-state index < -0.39 is 0 Å². The molecule has 19 heavy (non-hydrogen) atoms. The highest BCUT2D eigenvalue weighted by Gasteiger charge is 2.06. The molecule has 0 saturated heterocycles. The summed E-state index contributed by atoms with van der Waals surface area (Å²) in [6, 6.07) is 15.3. The Labute approximate surface area is 118 Å². The van der Waals surface area contributed by atoms with Crippen molar-refractivity contribution >= 4 is 17.4 Å². The molecule has 1 N–H and O–H groups in total. The van der Waals surface area contributed by atoms with Crippen LogP contribution in [-0.4, -0.2) is 12.3 Å². The Balaban J connectivity index is 2.01. The number of anilines is 1. The molecule has 0 aliphatic carbocycles. The van der Waals surface area contributed by atoms with Crippen molar-refractivity contribution in [1.82, 2.24) is 0 Å². The van der Waals surface area contributed by atoms with Gasteiger partial charge < -0.3 is 5.32 Å². The zero-order valence-electron chi connectivity index (χ0n) is 11.2. The second kappa shape index (κ2) is 6.62. The minimum Gasteiger partial charge on any atom is -0.381 e. The molecule has 1 atom stereocenters. The zero-order valence-corrected chi connectivity index (χ0v) is 12.0. The molecule has 0 heterocycles. The van der Waals surface area contributed by atoms with E-state index in [1.807, 2.05) is 24.3 Å². The fraction of sp³-hybridized carbons (Fsp3) is 0.250. The van der Waals surface area contributed by atoms with Crippen LogP contribution in [0.5, 0.6) is 0 Å². The lowest BCUT2D eigenvalue weighted by Gasteiger charge is -2.17. The molecule has 0 spiro atoms. The zero-order chi connectivity index (χ0) is 13.7. The maximum atomic E-state index is 12.9. The average molecular weight is 275 g/mol. The van der Waals surface area contributed by atoms with Crippen LogP contribution in [0.25, 0.3) is 0 Å². The van der Waals surface area contributed by atoms with Crippen LogP contribution in [0.1, 0.15) is 12.5 Å². The van der Waals surface area contributed by atoms with Gasteiger partial charge in [0.15, 0.2) is 0 Å². The van der Waals surface area contributed by atoms with Crippen molar-refractivity contribution in [1.29, 1.82) is 0 Å². The van der Waals surface area contributed by atoms with Crippen LogP contribution < -0.4 is 5.32 Å². The third kappa shape index (κ3) is 4.00. The molecule has 2 aromatic rings. The van der Waals surface area contributed by atoms with Crippen molar-refractivity contribution in [2.45, 2.75) is 24.3 Å². The van der Waals surface area contributed by atoms with Gasteiger partial charge in [0.25, 0.3) is 0 Å². The Morgan fingerprint density at radius 1 is 1.11 bits per heavy atom. The summed E-state index contributed by atoms with van der Waals surface area (Å²) in [7, 11) is 0. The van der Waals surface area contributed by atoms with E-state index in [0.717, 1.165) is 17.7 Å². The SMILES string of the molecule is CSc1ccccc1NC(C)Cc1ccc(F)cc1. The summed E-state index contributed by atoms with van der Waals surface area (Å²) in [5, 5.41) is 3.51. The molecule has 2 aromatic carbocycles. The topological polar surface area (TPSA) is 12.0 Å². The summed E-state index contributed by atoms with van der Waals surface area (Å²) in [5.41, 5.74) is 2.30. The Bertz CT molecular complexity index is 525. The summed E-state index contributed by atoms with van der Waals surface area (Å²) < 4.78 is 12.9. The summed E-state index contributed by atoms with van der Waals surface area (Å²) in [4.78, 5) is 1.24. The van der Waals surface area contributed by atoms with Gasteiger partial charge >= 0.3 is 0 Å². The summed E-state index contributed by atoms with van der Waals surface area (Å²) >= 11 is 1.73. The third-order valence-electron chi connectivity index (χ3n) is 2.96. The number of halogens is 1. The predicted octanol–water partition coefficient (Wildman–Crippen LogP) is 4.59. The molecule has 0 radical (unpaired) electrons. The monoisotopic (exact) mass is 275 g/mol. The molecule has 0 aromatic heterocycles. The summed E-state index contributed by atoms with van der Waals surface area (Å²) in [6.45, 7) is 2.14. The van der Waals surface area contributed by atoms with E-state index in [2.05, 4.69) is 30.6 Å². The van der Waals surface area contributed by atoms with Gasteiger partial charge in [-0.2, -0.15) is 0 Å². The highest BCUT2D eigenvalue weighted by molar-refractivity contribution is 7.98. The van der Waals surface area contributed by atoms with Crippen LogP contribution in [0.3, 0.4) is 0 Å². The quantitative estimate of drug-likeness (QED) is 0.801. The van der Waals surface area contributed by atoms with Gasteiger partial charge in [-0.25, -0.2) is 4.39 Å². The van der Waals surface area contributed by atoms with Crippen LogP contribution in [0, 0.1) is 5.82 Å². The molecule has 0 saturated carbocycles. The molecule has 0 aliphatic rings. The Kier molecular flexibility index (Phi) is 4.86. The molecule has 3 heteroatoms. The standard InChI is InChI=1S/C16H18FNS/c1-12(11-13-7-9-14(17)10-8-13)18-15-5-3-4-6-16(15)19-2/h3-10,12,18H,11H2,1-2H3. The molecule has 0 fully saturated rings. The molecule has 2 rings (SSSR count). The minimum atomic E-state index is -0.183. The number of para-hydroxylation sites is 1. The Morgan fingerprint density at radius 3 is 2.47 bits per heavy atom. The minimum absolute atomic E-state index is 0.183. The lowest BCUT2D eigenvalue weighted by Crippen LogP contribution is -2.18. The van der Waals surface area contributed by atoms with E-state index in [1.165, 1.54) is 17.0 Å². The maximum absolute atomic E-state index is 12.9. The van der Waals surface area contributed by atoms with Crippen molar-refractivity contribution in [3.8, 4) is 0 Å². The number of hydrogen-bond donors (Lipinski definition) is 1. The Morgan fingerprint density at radius 2 is 1.79 bits per heavy atom. The van der Waals surface area contributed by atoms with E-state index in [-0.39, 0.29) is 5.82 Å². The van der Waals surface area contributed by atoms with E-state index >= 15 is 0 Å². The molecular formula is C16H18FNS. The lowest BCUT2D eigenvalue weighted by molar-refractivity contribution is 0.626. The van der Waals surface area contributed by atoms with Gasteiger partial charge in [0.2, 0.25) is 0 Å². The first-order valence-corrected chi connectivity index (χ1v) is 7.55. The van der Waals surface area contributed by atoms with E-state index in [1.54, 1.807) is 11.8 Å². The van der Waals surface area contributed by atoms with E-state index in [0.29, 0.717) is 6.04 Å². The first-order valence-electron chi connectivity index (χ1n) is 6.33. The van der Waals surface area contributed by atoms with Gasteiger partial charge in [0.05, 0.1) is 0 Å². The molecule has 100 valence electrons. The largest absolute Gasteiger partial charge is 0.381 e. The van der Waals surface area contributed by atoms with Gasteiger partial charge in [0, 0.05) is 16.6 Å². The fourth-order valence-electron chi connectivity index (χ4n) is 2.05. The van der Waals surface area contributed by atoms with Crippen molar-refractivity contribution in [3.63, 3.8) is 0 Å². The fourth-order valence-corrected chi connectivity index (χ4v) is 2.62. The summed E-state index contributed by atoms with van der Waals surface area (Å²) in [5.74, 6) is -0.183. The van der Waals surface area contributed by atoms with E-state index in [4.69, 9.17) is 0 Å². The molecule has 1 nitrogen and oxygen atoms in total. The van der Waals surface area contributed by atoms with Gasteiger partial charge in [-0.05, 0) is 49.4 Å². The van der Waals surface area contributed by atoms with Crippen LogP contribution in [-0.2, 0) is 6.42 Å². The Hall–Kier alpha value is -1.48. The van der Waals surface area contributed by atoms with Crippen LogP contribution >= 0.6 is 11.8 Å². The molecular weight excluding hydrogens is 257 g/mol. The second-order valence-corrected chi connectivity index (χ2v) is 5.42. The molecule has 0 bridgehead atoms. The normalized spacial score (nSPS) is 12.2. The highest BCUT2D eigenvalue weighted by Crippen LogP contribution is 2.25. The van der Waals surface area contributed by atoms with Gasteiger partial charge in [-0.15, -0.1) is 11.8 Å². The van der Waals surface area contributed by atoms with Gasteiger partial charge in [-0.3, -0.25) is 0 Å². The van der Waals surface area contributed by atoms with Gasteiger partial charge in [0.1, 0.15) is 5.82 Å². The van der Waals surface area contributed by atoms with Crippen LogP contribution in [0.15, 0.2) is 53.4 Å². The third-order valence-corrected chi connectivity index (χ3v) is 3.76. The highest BCUT2D eigenvalue weighted by atomic mass is 32.2. The van der Waals surface area contributed by atoms with Crippen molar-refractivity contribution in [2.75, 3.05) is 11.6 Å². The number of rotatable bonds is 5. The number of hydrogen-bond acceptors (Lipinski definition) is 2. The predicted molar refractivity (Wildman–Crippen MR) is 81.4 cm³/mol. The first kappa shape index (κ1) is 13.9.